The van der Waals surface area contributed by atoms with Gasteiger partial charge in [0.25, 0.3) is 0 Å². The van der Waals surface area contributed by atoms with Gasteiger partial charge in [0.15, 0.2) is 0 Å². The van der Waals surface area contributed by atoms with Crippen molar-refractivity contribution in [2.24, 2.45) is 0 Å². The molecule has 3 nitrogen and oxygen atoms in total. The van der Waals surface area contributed by atoms with E-state index >= 15 is 0 Å². The van der Waals surface area contributed by atoms with Crippen molar-refractivity contribution in [3.8, 4) is 0 Å². The average Bonchev–Trinajstić information content (AvgIpc) is 2.18. The van der Waals surface area contributed by atoms with E-state index in [2.05, 4.69) is 4.72 Å². The summed E-state index contributed by atoms with van der Waals surface area (Å²) in [7, 11) is -2.99. The third kappa shape index (κ3) is 2.21. The first kappa shape index (κ1) is 10.6. The molecule has 0 saturated carbocycles. The molecule has 82 valence electrons. The Balaban J connectivity index is 1.94. The molecule has 15 heavy (non-hydrogen) atoms. The van der Waals surface area contributed by atoms with Crippen molar-refractivity contribution in [2.45, 2.75) is 31.1 Å². The third-order valence-corrected chi connectivity index (χ3v) is 5.01. The number of rotatable bonds is 3. The summed E-state index contributed by atoms with van der Waals surface area (Å²) < 4.78 is 25.2. The Kier molecular flexibility index (Phi) is 2.80. The van der Waals surface area contributed by atoms with E-state index in [0.717, 1.165) is 6.42 Å². The molecule has 1 saturated heterocycles. The van der Waals surface area contributed by atoms with Crippen LogP contribution in [0.3, 0.4) is 0 Å². The van der Waals surface area contributed by atoms with E-state index in [9.17, 15) is 8.42 Å². The van der Waals surface area contributed by atoms with Crippen LogP contribution < -0.4 is 4.72 Å². The van der Waals surface area contributed by atoms with E-state index in [-0.39, 0.29) is 11.3 Å². The van der Waals surface area contributed by atoms with E-state index in [4.69, 9.17) is 0 Å². The maximum absolute atomic E-state index is 11.3. The van der Waals surface area contributed by atoms with Crippen LogP contribution in [0.1, 0.15) is 18.9 Å². The molecule has 1 aromatic carbocycles. The van der Waals surface area contributed by atoms with E-state index < -0.39 is 10.0 Å². The highest BCUT2D eigenvalue weighted by Gasteiger charge is 2.41. The molecular weight excluding hydrogens is 210 g/mol. The predicted molar refractivity (Wildman–Crippen MR) is 60.1 cm³/mol. The van der Waals surface area contributed by atoms with Gasteiger partial charge in [-0.25, -0.2) is 13.1 Å². The second-order valence-electron chi connectivity index (χ2n) is 4.01. The lowest BCUT2D eigenvalue weighted by Crippen LogP contribution is -2.59. The van der Waals surface area contributed by atoms with Crippen LogP contribution in [0.5, 0.6) is 0 Å². The predicted octanol–water partition coefficient (Wildman–Crippen LogP) is 1.31. The van der Waals surface area contributed by atoms with E-state index in [0.29, 0.717) is 6.42 Å². The molecule has 0 aromatic heterocycles. The molecule has 0 radical (unpaired) electrons. The summed E-state index contributed by atoms with van der Waals surface area (Å²) in [4.78, 5) is 0. The van der Waals surface area contributed by atoms with Crippen LogP contribution in [-0.2, 0) is 16.4 Å². The summed E-state index contributed by atoms with van der Waals surface area (Å²) >= 11 is 0. The topological polar surface area (TPSA) is 46.2 Å². The second kappa shape index (κ2) is 3.94. The average molecular weight is 225 g/mol. The van der Waals surface area contributed by atoms with Crippen LogP contribution in [0, 0.1) is 0 Å². The number of aryl methyl sites for hydroxylation is 1. The van der Waals surface area contributed by atoms with Crippen molar-refractivity contribution in [3.05, 3.63) is 35.9 Å². The summed E-state index contributed by atoms with van der Waals surface area (Å²) in [6, 6.07) is 10.1. The van der Waals surface area contributed by atoms with Crippen molar-refractivity contribution in [1.82, 2.24) is 4.72 Å². The Morgan fingerprint density at radius 2 is 1.93 bits per heavy atom. The number of hydrogen-bond donors (Lipinski definition) is 1. The SMILES string of the molecule is C[C@H]1NS(=O)(=O)[C@H]1CCc1ccccc1. The van der Waals surface area contributed by atoms with Crippen molar-refractivity contribution in [2.75, 3.05) is 0 Å². The fourth-order valence-electron chi connectivity index (χ4n) is 1.98. The van der Waals surface area contributed by atoms with Crippen molar-refractivity contribution < 1.29 is 8.42 Å². The van der Waals surface area contributed by atoms with Gasteiger partial charge in [0.2, 0.25) is 10.0 Å². The van der Waals surface area contributed by atoms with E-state index in [1.165, 1.54) is 5.56 Å². The summed E-state index contributed by atoms with van der Waals surface area (Å²) in [5, 5.41) is -0.210. The van der Waals surface area contributed by atoms with Gasteiger partial charge >= 0.3 is 0 Å². The molecule has 0 spiro atoms. The molecule has 4 heteroatoms. The van der Waals surface area contributed by atoms with Gasteiger partial charge in [-0.2, -0.15) is 0 Å². The Bertz CT molecular complexity index is 427. The molecule has 1 fully saturated rings. The van der Waals surface area contributed by atoms with Gasteiger partial charge in [-0.1, -0.05) is 30.3 Å². The standard InChI is InChI=1S/C11H15NO2S/c1-9-11(15(13,14)12-9)8-7-10-5-3-2-4-6-10/h2-6,9,11-12H,7-8H2,1H3/t9-,11+/m1/s1. The normalized spacial score (nSPS) is 28.3. The molecule has 2 atom stereocenters. The lowest BCUT2D eigenvalue weighted by atomic mass is 10.1. The van der Waals surface area contributed by atoms with Crippen LogP contribution in [0.4, 0.5) is 0 Å². The molecule has 0 bridgehead atoms. The smallest absolute Gasteiger partial charge is 0.212 e. The van der Waals surface area contributed by atoms with Gasteiger partial charge in [-0.05, 0) is 25.3 Å². The van der Waals surface area contributed by atoms with Gasteiger partial charge in [0, 0.05) is 6.04 Å². The van der Waals surface area contributed by atoms with Crippen molar-refractivity contribution >= 4 is 10.0 Å². The zero-order chi connectivity index (χ0) is 10.9. The molecule has 0 unspecified atom stereocenters. The number of nitrogens with one attached hydrogen (secondary N) is 1. The highest BCUT2D eigenvalue weighted by atomic mass is 32.2. The largest absolute Gasteiger partial charge is 0.216 e. The minimum atomic E-state index is -2.99. The maximum atomic E-state index is 11.3. The summed E-state index contributed by atoms with van der Waals surface area (Å²) in [5.74, 6) is 0. The molecule has 0 amide bonds. The number of benzene rings is 1. The van der Waals surface area contributed by atoms with Crippen LogP contribution in [-0.4, -0.2) is 19.7 Å². The van der Waals surface area contributed by atoms with E-state index in [1.807, 2.05) is 37.3 Å². The third-order valence-electron chi connectivity index (χ3n) is 2.87. The minimum Gasteiger partial charge on any atom is -0.212 e. The highest BCUT2D eigenvalue weighted by Crippen LogP contribution is 2.22. The Hall–Kier alpha value is -0.870. The highest BCUT2D eigenvalue weighted by molar-refractivity contribution is 7.91. The Labute approximate surface area is 90.6 Å². The lowest BCUT2D eigenvalue weighted by Gasteiger charge is -2.34. The quantitative estimate of drug-likeness (QED) is 0.843. The zero-order valence-corrected chi connectivity index (χ0v) is 9.50. The van der Waals surface area contributed by atoms with E-state index in [1.54, 1.807) is 0 Å². The lowest BCUT2D eigenvalue weighted by molar-refractivity contribution is 0.458. The fraction of sp³-hybridized carbons (Fsp3) is 0.455. The molecule has 1 N–H and O–H groups in total. The summed E-state index contributed by atoms with van der Waals surface area (Å²) in [6.45, 7) is 1.91. The Morgan fingerprint density at radius 1 is 1.27 bits per heavy atom. The molecule has 2 rings (SSSR count). The van der Waals surface area contributed by atoms with Crippen LogP contribution in [0.2, 0.25) is 0 Å². The van der Waals surface area contributed by atoms with Crippen LogP contribution in [0.25, 0.3) is 0 Å². The van der Waals surface area contributed by atoms with Crippen LogP contribution in [0.15, 0.2) is 30.3 Å². The Morgan fingerprint density at radius 3 is 2.47 bits per heavy atom. The van der Waals surface area contributed by atoms with Crippen molar-refractivity contribution in [3.63, 3.8) is 0 Å². The molecule has 1 heterocycles. The van der Waals surface area contributed by atoms with Gasteiger partial charge in [-0.15, -0.1) is 0 Å². The maximum Gasteiger partial charge on any atom is 0.216 e. The monoisotopic (exact) mass is 225 g/mol. The molecule has 1 aliphatic heterocycles. The van der Waals surface area contributed by atoms with Crippen molar-refractivity contribution in [1.29, 1.82) is 0 Å². The second-order valence-corrected chi connectivity index (χ2v) is 5.95. The van der Waals surface area contributed by atoms with Gasteiger partial charge in [0.05, 0.1) is 5.25 Å². The van der Waals surface area contributed by atoms with Gasteiger partial charge < -0.3 is 0 Å². The summed E-state index contributed by atoms with van der Waals surface area (Å²) in [5.41, 5.74) is 1.20. The number of hydrogen-bond acceptors (Lipinski definition) is 2. The molecular formula is C11H15NO2S. The first-order valence-electron chi connectivity index (χ1n) is 5.15. The zero-order valence-electron chi connectivity index (χ0n) is 8.68. The first-order valence-corrected chi connectivity index (χ1v) is 6.69. The molecule has 1 aliphatic rings. The van der Waals surface area contributed by atoms with Gasteiger partial charge in [0.1, 0.15) is 0 Å². The van der Waals surface area contributed by atoms with Gasteiger partial charge in [-0.3, -0.25) is 0 Å². The number of sulfonamides is 1. The fourth-order valence-corrected chi connectivity index (χ4v) is 3.64. The molecule has 0 aliphatic carbocycles. The first-order chi connectivity index (χ1) is 7.09. The van der Waals surface area contributed by atoms with Crippen LogP contribution >= 0.6 is 0 Å². The summed E-state index contributed by atoms with van der Waals surface area (Å²) in [6.07, 6.45) is 1.54. The molecule has 1 aromatic rings. The minimum absolute atomic E-state index is 0.0960.